The van der Waals surface area contributed by atoms with Crippen LogP contribution in [0.5, 0.6) is 5.75 Å². The fourth-order valence-corrected chi connectivity index (χ4v) is 4.00. The van der Waals surface area contributed by atoms with Gasteiger partial charge in [-0.1, -0.05) is 19.3 Å². The first-order chi connectivity index (χ1) is 13.8. The van der Waals surface area contributed by atoms with Crippen molar-refractivity contribution in [2.24, 2.45) is 0 Å². The average molecular weight is 380 g/mol. The molecule has 0 saturated heterocycles. The van der Waals surface area contributed by atoms with Crippen molar-refractivity contribution in [2.45, 2.75) is 69.9 Å². The molecule has 0 bridgehead atoms. The molecule has 1 aromatic carbocycles. The monoisotopic (exact) mass is 380 g/mol. The molecule has 1 amide bonds. The Balaban J connectivity index is 1.30. The maximum absolute atomic E-state index is 12.4. The van der Waals surface area contributed by atoms with Gasteiger partial charge in [0.05, 0.1) is 6.10 Å². The third-order valence-corrected chi connectivity index (χ3v) is 5.58. The van der Waals surface area contributed by atoms with Crippen molar-refractivity contribution in [1.29, 1.82) is 0 Å². The predicted octanol–water partition coefficient (Wildman–Crippen LogP) is 4.79. The highest BCUT2D eigenvalue weighted by molar-refractivity contribution is 6.03. The van der Waals surface area contributed by atoms with Gasteiger partial charge in [0.1, 0.15) is 11.6 Å². The molecule has 6 heteroatoms. The summed E-state index contributed by atoms with van der Waals surface area (Å²) >= 11 is 0. The minimum atomic E-state index is -0.199. The molecule has 1 heterocycles. The van der Waals surface area contributed by atoms with E-state index in [1.165, 1.54) is 44.9 Å². The van der Waals surface area contributed by atoms with Gasteiger partial charge in [-0.15, -0.1) is 10.2 Å². The normalized spacial score (nSPS) is 18.0. The van der Waals surface area contributed by atoms with E-state index >= 15 is 0 Å². The van der Waals surface area contributed by atoms with Crippen LogP contribution in [-0.4, -0.2) is 28.3 Å². The van der Waals surface area contributed by atoms with Crippen molar-refractivity contribution >= 4 is 17.5 Å². The van der Waals surface area contributed by atoms with E-state index in [9.17, 15) is 4.79 Å². The summed E-state index contributed by atoms with van der Waals surface area (Å²) in [4.78, 5) is 12.4. The highest BCUT2D eigenvalue weighted by Gasteiger charge is 2.16. The summed E-state index contributed by atoms with van der Waals surface area (Å²) in [5, 5.41) is 14.5. The first kappa shape index (κ1) is 18.7. The molecule has 0 spiro atoms. The molecule has 148 valence electrons. The zero-order valence-electron chi connectivity index (χ0n) is 16.2. The van der Waals surface area contributed by atoms with Crippen molar-refractivity contribution in [2.75, 3.05) is 10.6 Å². The number of benzene rings is 1. The Morgan fingerprint density at radius 1 is 0.821 bits per heavy atom. The maximum Gasteiger partial charge on any atom is 0.256 e. The molecule has 28 heavy (non-hydrogen) atoms. The third-order valence-electron chi connectivity index (χ3n) is 5.58. The van der Waals surface area contributed by atoms with Crippen LogP contribution in [0.15, 0.2) is 36.4 Å². The van der Waals surface area contributed by atoms with Gasteiger partial charge in [0.25, 0.3) is 5.91 Å². The van der Waals surface area contributed by atoms with Gasteiger partial charge in [-0.2, -0.15) is 0 Å². The SMILES string of the molecule is O=C(Nc1ccc(NC2CCCC2)nn1)c1ccc(OC2CCCCC2)cc1. The molecule has 2 aromatic rings. The van der Waals surface area contributed by atoms with Gasteiger partial charge in [-0.25, -0.2) is 0 Å². The van der Waals surface area contributed by atoms with Crippen molar-refractivity contribution in [3.05, 3.63) is 42.0 Å². The first-order valence-electron chi connectivity index (χ1n) is 10.4. The van der Waals surface area contributed by atoms with E-state index < -0.39 is 0 Å². The number of amides is 1. The molecule has 4 rings (SSSR count). The molecule has 6 nitrogen and oxygen atoms in total. The fourth-order valence-electron chi connectivity index (χ4n) is 4.00. The van der Waals surface area contributed by atoms with Crippen LogP contribution in [-0.2, 0) is 0 Å². The second-order valence-electron chi connectivity index (χ2n) is 7.79. The van der Waals surface area contributed by atoms with Gasteiger partial charge in [0, 0.05) is 11.6 Å². The molecule has 0 aliphatic heterocycles. The summed E-state index contributed by atoms with van der Waals surface area (Å²) in [7, 11) is 0. The predicted molar refractivity (Wildman–Crippen MR) is 110 cm³/mol. The topological polar surface area (TPSA) is 76.1 Å². The lowest BCUT2D eigenvalue weighted by molar-refractivity contribution is 0.102. The van der Waals surface area contributed by atoms with Crippen LogP contribution in [0.25, 0.3) is 0 Å². The molecule has 1 aromatic heterocycles. The third kappa shape index (κ3) is 5.00. The summed E-state index contributed by atoms with van der Waals surface area (Å²) < 4.78 is 6.01. The van der Waals surface area contributed by atoms with Crippen molar-refractivity contribution < 1.29 is 9.53 Å². The van der Waals surface area contributed by atoms with E-state index in [2.05, 4.69) is 20.8 Å². The van der Waals surface area contributed by atoms with Gasteiger partial charge in [0.2, 0.25) is 0 Å². The Labute approximate surface area is 166 Å². The smallest absolute Gasteiger partial charge is 0.256 e. The number of hydrogen-bond donors (Lipinski definition) is 2. The second-order valence-corrected chi connectivity index (χ2v) is 7.79. The summed E-state index contributed by atoms with van der Waals surface area (Å²) in [6, 6.07) is 11.4. The van der Waals surface area contributed by atoms with Crippen LogP contribution in [0.4, 0.5) is 11.6 Å². The van der Waals surface area contributed by atoms with Gasteiger partial charge < -0.3 is 15.4 Å². The molecule has 2 N–H and O–H groups in total. The van der Waals surface area contributed by atoms with E-state index in [1.54, 1.807) is 18.2 Å². The molecule has 0 atom stereocenters. The molecule has 2 aliphatic rings. The number of ether oxygens (including phenoxy) is 1. The molecule has 0 unspecified atom stereocenters. The summed E-state index contributed by atoms with van der Waals surface area (Å²) in [5.74, 6) is 1.83. The molecule has 2 fully saturated rings. The van der Waals surface area contributed by atoms with E-state index in [-0.39, 0.29) is 5.91 Å². The van der Waals surface area contributed by atoms with E-state index in [0.717, 1.165) is 24.4 Å². The standard InChI is InChI=1S/C22H28N4O2/c27-22(16-10-12-19(13-11-16)28-18-8-2-1-3-9-18)24-21-15-14-20(25-26-21)23-17-6-4-5-7-17/h10-15,17-18H,1-9H2,(H,23,25)(H,24,26,27). The Morgan fingerprint density at radius 2 is 1.46 bits per heavy atom. The molecular formula is C22H28N4O2. The van der Waals surface area contributed by atoms with Gasteiger partial charge >= 0.3 is 0 Å². The number of aromatic nitrogens is 2. The minimum Gasteiger partial charge on any atom is -0.490 e. The number of carbonyl (C=O) groups excluding carboxylic acids is 1. The zero-order chi connectivity index (χ0) is 19.2. The molecule has 2 aliphatic carbocycles. The lowest BCUT2D eigenvalue weighted by Crippen LogP contribution is -2.19. The Bertz CT molecular complexity index is 764. The number of anilines is 2. The number of nitrogens with one attached hydrogen (secondary N) is 2. The van der Waals surface area contributed by atoms with Gasteiger partial charge in [0.15, 0.2) is 5.82 Å². The van der Waals surface area contributed by atoms with E-state index in [0.29, 0.717) is 23.5 Å². The van der Waals surface area contributed by atoms with E-state index in [4.69, 9.17) is 4.74 Å². The van der Waals surface area contributed by atoms with Crippen molar-refractivity contribution in [3.63, 3.8) is 0 Å². The lowest BCUT2D eigenvalue weighted by Gasteiger charge is -2.23. The molecule has 2 saturated carbocycles. The number of nitrogens with zero attached hydrogens (tertiary/aromatic N) is 2. The van der Waals surface area contributed by atoms with Crippen LogP contribution in [0.2, 0.25) is 0 Å². The zero-order valence-corrected chi connectivity index (χ0v) is 16.2. The first-order valence-corrected chi connectivity index (χ1v) is 10.4. The largest absolute Gasteiger partial charge is 0.490 e. The maximum atomic E-state index is 12.4. The fraction of sp³-hybridized carbons (Fsp3) is 0.500. The second kappa shape index (κ2) is 9.04. The van der Waals surface area contributed by atoms with Crippen LogP contribution in [0, 0.1) is 0 Å². The molecule has 0 radical (unpaired) electrons. The van der Waals surface area contributed by atoms with Gasteiger partial charge in [-0.05, 0) is 74.9 Å². The Morgan fingerprint density at radius 3 is 2.14 bits per heavy atom. The summed E-state index contributed by atoms with van der Waals surface area (Å²) in [6.07, 6.45) is 11.2. The number of hydrogen-bond acceptors (Lipinski definition) is 5. The highest BCUT2D eigenvalue weighted by atomic mass is 16.5. The van der Waals surface area contributed by atoms with E-state index in [1.807, 2.05) is 18.2 Å². The summed E-state index contributed by atoms with van der Waals surface area (Å²) in [5.41, 5.74) is 0.575. The lowest BCUT2D eigenvalue weighted by atomic mass is 9.98. The minimum absolute atomic E-state index is 0.199. The number of rotatable bonds is 6. The average Bonchev–Trinajstić information content (AvgIpc) is 3.24. The summed E-state index contributed by atoms with van der Waals surface area (Å²) in [6.45, 7) is 0. The van der Waals surface area contributed by atoms with Crippen LogP contribution in [0.3, 0.4) is 0 Å². The number of carbonyl (C=O) groups is 1. The quantitative estimate of drug-likeness (QED) is 0.753. The van der Waals surface area contributed by atoms with Gasteiger partial charge in [-0.3, -0.25) is 4.79 Å². The van der Waals surface area contributed by atoms with Crippen LogP contribution >= 0.6 is 0 Å². The van der Waals surface area contributed by atoms with Crippen molar-refractivity contribution in [1.82, 2.24) is 10.2 Å². The van der Waals surface area contributed by atoms with Crippen molar-refractivity contribution in [3.8, 4) is 5.75 Å². The Kier molecular flexibility index (Phi) is 6.04. The molecular weight excluding hydrogens is 352 g/mol. The highest BCUT2D eigenvalue weighted by Crippen LogP contribution is 2.24. The van der Waals surface area contributed by atoms with Crippen LogP contribution in [0.1, 0.15) is 68.1 Å². The Hall–Kier alpha value is -2.63. The van der Waals surface area contributed by atoms with Crippen LogP contribution < -0.4 is 15.4 Å².